The summed E-state index contributed by atoms with van der Waals surface area (Å²) in [6.07, 6.45) is 3.88. The highest BCUT2D eigenvalue weighted by atomic mass is 32.1. The van der Waals surface area contributed by atoms with Crippen molar-refractivity contribution in [2.24, 2.45) is 0 Å². The molecule has 3 heterocycles. The first-order chi connectivity index (χ1) is 18.2. The van der Waals surface area contributed by atoms with Crippen LogP contribution in [0.3, 0.4) is 0 Å². The summed E-state index contributed by atoms with van der Waals surface area (Å²) in [6.45, 7) is 5.12. The molecule has 1 saturated heterocycles. The van der Waals surface area contributed by atoms with E-state index in [1.165, 1.54) is 23.5 Å². The molecule has 1 aliphatic heterocycles. The Morgan fingerprint density at radius 1 is 1.26 bits per heavy atom. The lowest BCUT2D eigenvalue weighted by molar-refractivity contribution is 0.0703. The third-order valence-corrected chi connectivity index (χ3v) is 8.41. The maximum Gasteiger partial charge on any atom is 0.264 e. The van der Waals surface area contributed by atoms with Crippen molar-refractivity contribution in [2.75, 3.05) is 26.7 Å². The number of carbonyl (C=O) groups is 1. The van der Waals surface area contributed by atoms with Crippen LogP contribution in [0, 0.1) is 17.1 Å². The number of likely N-dealkylation sites (N-methyl/N-ethyl adjacent to an activating group) is 1. The number of fused-ring (bicyclic) bond motifs is 1. The molecule has 1 fully saturated rings. The summed E-state index contributed by atoms with van der Waals surface area (Å²) in [6, 6.07) is 14.4. The van der Waals surface area contributed by atoms with Crippen LogP contribution in [-0.4, -0.2) is 58.5 Å². The van der Waals surface area contributed by atoms with Crippen molar-refractivity contribution in [1.82, 2.24) is 20.0 Å². The summed E-state index contributed by atoms with van der Waals surface area (Å²) < 4.78 is 16.4. The SMILES string of the molecule is CN[C@@H]1CCCN(C(=O)c2cc(-c3ccc(C#N)c(F)c3)c(-c3ccc4nn(C(C)(C)CO)cc4c3)s2)C1. The molecule has 1 aliphatic rings. The van der Waals surface area contributed by atoms with Gasteiger partial charge in [0.1, 0.15) is 11.9 Å². The van der Waals surface area contributed by atoms with Crippen LogP contribution in [0.2, 0.25) is 0 Å². The van der Waals surface area contributed by atoms with Crippen LogP contribution >= 0.6 is 11.3 Å². The number of aliphatic hydroxyl groups is 1. The van der Waals surface area contributed by atoms with E-state index < -0.39 is 11.4 Å². The molecule has 0 aliphatic carbocycles. The van der Waals surface area contributed by atoms with Gasteiger partial charge >= 0.3 is 0 Å². The molecule has 2 aromatic carbocycles. The van der Waals surface area contributed by atoms with Crippen LogP contribution in [0.1, 0.15) is 41.9 Å². The van der Waals surface area contributed by atoms with Crippen LogP contribution in [0.25, 0.3) is 32.5 Å². The number of nitrogens with one attached hydrogen (secondary N) is 1. The molecular formula is C29H30FN5O2S. The number of carbonyl (C=O) groups excluding carboxylic acids is 1. The number of aromatic nitrogens is 2. The van der Waals surface area contributed by atoms with Gasteiger partial charge in [0.15, 0.2) is 0 Å². The van der Waals surface area contributed by atoms with Crippen LogP contribution in [-0.2, 0) is 5.54 Å². The Balaban J connectivity index is 1.60. The lowest BCUT2D eigenvalue weighted by Gasteiger charge is -2.32. The van der Waals surface area contributed by atoms with Gasteiger partial charge in [-0.3, -0.25) is 9.48 Å². The molecule has 0 saturated carbocycles. The fraction of sp³-hybridized carbons (Fsp3) is 0.345. The normalized spacial score (nSPS) is 16.1. The van der Waals surface area contributed by atoms with Gasteiger partial charge in [-0.2, -0.15) is 10.4 Å². The second-order valence-electron chi connectivity index (χ2n) is 10.4. The van der Waals surface area contributed by atoms with E-state index in [-0.39, 0.29) is 24.1 Å². The second kappa shape index (κ2) is 10.3. The fourth-order valence-corrected chi connectivity index (χ4v) is 5.95. The maximum atomic E-state index is 14.6. The molecule has 7 nitrogen and oxygen atoms in total. The lowest BCUT2D eigenvalue weighted by Crippen LogP contribution is -2.46. The zero-order chi connectivity index (χ0) is 27.0. The summed E-state index contributed by atoms with van der Waals surface area (Å²) in [5, 5.41) is 27.8. The van der Waals surface area contributed by atoms with E-state index in [0.29, 0.717) is 23.5 Å². The van der Waals surface area contributed by atoms with E-state index in [9.17, 15) is 19.6 Å². The minimum Gasteiger partial charge on any atom is -0.394 e. The predicted octanol–water partition coefficient (Wildman–Crippen LogP) is 4.99. The largest absolute Gasteiger partial charge is 0.394 e. The number of hydrogen-bond donors (Lipinski definition) is 2. The number of benzene rings is 2. The number of aliphatic hydroxyl groups excluding tert-OH is 1. The molecule has 0 bridgehead atoms. The second-order valence-corrected chi connectivity index (χ2v) is 11.4. The van der Waals surface area contributed by atoms with Gasteiger partial charge in [-0.1, -0.05) is 12.1 Å². The Bertz CT molecular complexity index is 1550. The number of thiophene rings is 1. The zero-order valence-corrected chi connectivity index (χ0v) is 22.5. The van der Waals surface area contributed by atoms with Gasteiger partial charge in [-0.05, 0) is 75.2 Å². The Hall–Kier alpha value is -3.58. The fourth-order valence-electron chi connectivity index (χ4n) is 4.80. The van der Waals surface area contributed by atoms with Crippen molar-refractivity contribution in [3.63, 3.8) is 0 Å². The average Bonchev–Trinajstić information content (AvgIpc) is 3.57. The highest BCUT2D eigenvalue weighted by Gasteiger charge is 2.27. The van der Waals surface area contributed by atoms with E-state index in [2.05, 4.69) is 10.4 Å². The number of halogens is 1. The highest BCUT2D eigenvalue weighted by Crippen LogP contribution is 2.41. The molecule has 38 heavy (non-hydrogen) atoms. The van der Waals surface area contributed by atoms with Gasteiger partial charge in [0.05, 0.1) is 28.1 Å². The van der Waals surface area contributed by atoms with E-state index in [1.807, 2.05) is 62.3 Å². The molecule has 0 radical (unpaired) electrons. The maximum absolute atomic E-state index is 14.6. The molecular weight excluding hydrogens is 501 g/mol. The standard InChI is InChI=1S/C29H30FN5O2S/c1-29(2,17-36)35-15-21-11-19(8-9-25(21)33-35)27-23(18-6-7-20(14-31)24(30)12-18)13-26(38-27)28(37)34-10-4-5-22(16-34)32-3/h6-9,11-13,15,22,32,36H,4-5,10,16-17H2,1-3H3/t22-/m1/s1. The van der Waals surface area contributed by atoms with E-state index >= 15 is 0 Å². The number of likely N-dealkylation sites (tertiary alicyclic amines) is 1. The predicted molar refractivity (Wildman–Crippen MR) is 148 cm³/mol. The van der Waals surface area contributed by atoms with Crippen LogP contribution < -0.4 is 5.32 Å². The summed E-state index contributed by atoms with van der Waals surface area (Å²) >= 11 is 1.39. The number of piperidine rings is 1. The van der Waals surface area contributed by atoms with Crippen molar-refractivity contribution >= 4 is 28.1 Å². The third kappa shape index (κ3) is 4.83. The van der Waals surface area contributed by atoms with Crippen molar-refractivity contribution in [3.05, 3.63) is 64.9 Å². The summed E-state index contributed by atoms with van der Waals surface area (Å²) in [4.78, 5) is 16.9. The first-order valence-corrected chi connectivity index (χ1v) is 13.5. The first kappa shape index (κ1) is 26.0. The van der Waals surface area contributed by atoms with Crippen molar-refractivity contribution in [2.45, 2.75) is 38.3 Å². The molecule has 9 heteroatoms. The number of nitrogens with zero attached hydrogens (tertiary/aromatic N) is 4. The number of nitriles is 1. The molecule has 0 spiro atoms. The third-order valence-electron chi connectivity index (χ3n) is 7.23. The van der Waals surface area contributed by atoms with Crippen LogP contribution in [0.5, 0.6) is 0 Å². The minimum atomic E-state index is -0.592. The van der Waals surface area contributed by atoms with Crippen LogP contribution in [0.4, 0.5) is 4.39 Å². The molecule has 4 aromatic rings. The topological polar surface area (TPSA) is 94.2 Å². The van der Waals surface area contributed by atoms with Gasteiger partial charge in [0, 0.05) is 41.2 Å². The number of hydrogen-bond acceptors (Lipinski definition) is 6. The van der Waals surface area contributed by atoms with Crippen molar-refractivity contribution in [1.29, 1.82) is 5.26 Å². The lowest BCUT2D eigenvalue weighted by atomic mass is 10.00. The van der Waals surface area contributed by atoms with Gasteiger partial charge in [0.2, 0.25) is 0 Å². The molecule has 0 unspecified atom stereocenters. The Kier molecular flexibility index (Phi) is 7.05. The molecule has 2 aromatic heterocycles. The highest BCUT2D eigenvalue weighted by molar-refractivity contribution is 7.18. The van der Waals surface area contributed by atoms with Gasteiger partial charge in [-0.15, -0.1) is 11.3 Å². The van der Waals surface area contributed by atoms with Crippen molar-refractivity contribution < 1.29 is 14.3 Å². The van der Waals surface area contributed by atoms with Crippen LogP contribution in [0.15, 0.2) is 48.7 Å². The molecule has 5 rings (SSSR count). The molecule has 2 N–H and O–H groups in total. The summed E-state index contributed by atoms with van der Waals surface area (Å²) in [7, 11) is 1.92. The van der Waals surface area contributed by atoms with E-state index in [1.54, 1.807) is 10.7 Å². The smallest absolute Gasteiger partial charge is 0.264 e. The minimum absolute atomic E-state index is 0.0198. The Labute approximate surface area is 225 Å². The van der Waals surface area contributed by atoms with Gasteiger partial charge in [-0.25, -0.2) is 4.39 Å². The Morgan fingerprint density at radius 3 is 2.76 bits per heavy atom. The van der Waals surface area contributed by atoms with E-state index in [0.717, 1.165) is 39.7 Å². The Morgan fingerprint density at radius 2 is 2.05 bits per heavy atom. The van der Waals surface area contributed by atoms with Gasteiger partial charge in [0.25, 0.3) is 5.91 Å². The summed E-state index contributed by atoms with van der Waals surface area (Å²) in [5.74, 6) is -0.624. The zero-order valence-electron chi connectivity index (χ0n) is 21.7. The monoisotopic (exact) mass is 531 g/mol. The summed E-state index contributed by atoms with van der Waals surface area (Å²) in [5.41, 5.74) is 2.46. The van der Waals surface area contributed by atoms with E-state index in [4.69, 9.17) is 0 Å². The van der Waals surface area contributed by atoms with Crippen molar-refractivity contribution in [3.8, 4) is 27.6 Å². The molecule has 1 amide bonds. The number of amides is 1. The molecule has 196 valence electrons. The first-order valence-electron chi connectivity index (χ1n) is 12.7. The average molecular weight is 532 g/mol. The number of rotatable bonds is 6. The van der Waals surface area contributed by atoms with Gasteiger partial charge < -0.3 is 15.3 Å². The quantitative estimate of drug-likeness (QED) is 0.365. The molecule has 1 atom stereocenters.